The van der Waals surface area contributed by atoms with E-state index in [1.54, 1.807) is 0 Å². The fourth-order valence-corrected chi connectivity index (χ4v) is 2.83. The maximum atomic E-state index is 12.3. The summed E-state index contributed by atoms with van der Waals surface area (Å²) in [4.78, 5) is 23.7. The fourth-order valence-electron chi connectivity index (χ4n) is 1.94. The number of aryl methyl sites for hydroxylation is 2. The van der Waals surface area contributed by atoms with Crippen LogP contribution in [0.15, 0.2) is 28.2 Å². The molecule has 6 heteroatoms. The highest BCUT2D eigenvalue weighted by Gasteiger charge is 2.13. The van der Waals surface area contributed by atoms with Crippen molar-refractivity contribution in [1.29, 1.82) is 0 Å². The highest BCUT2D eigenvalue weighted by molar-refractivity contribution is 7.99. The van der Waals surface area contributed by atoms with Gasteiger partial charge in [-0.15, -0.1) is 5.10 Å². The van der Waals surface area contributed by atoms with E-state index in [0.717, 1.165) is 16.7 Å². The third kappa shape index (κ3) is 3.01. The lowest BCUT2D eigenvalue weighted by Gasteiger charge is -2.06. The molecule has 0 amide bonds. The molecular formula is C14H17N3O2S. The zero-order valence-corrected chi connectivity index (χ0v) is 12.6. The average molecular weight is 291 g/mol. The number of H-pyrrole nitrogens is 1. The Morgan fingerprint density at radius 3 is 2.85 bits per heavy atom. The van der Waals surface area contributed by atoms with E-state index in [1.165, 1.54) is 16.3 Å². The third-order valence-electron chi connectivity index (χ3n) is 3.07. The van der Waals surface area contributed by atoms with Crippen molar-refractivity contribution in [1.82, 2.24) is 14.8 Å². The minimum atomic E-state index is -0.241. The smallest absolute Gasteiger partial charge is 0.293 e. The number of aromatic amines is 1. The predicted molar refractivity (Wildman–Crippen MR) is 79.5 cm³/mol. The number of hydrogen-bond donors (Lipinski definition) is 1. The Balaban J connectivity index is 2.12. The first kappa shape index (κ1) is 14.6. The molecule has 1 N–H and O–H groups in total. The quantitative estimate of drug-likeness (QED) is 0.677. The number of benzene rings is 1. The predicted octanol–water partition coefficient (Wildman–Crippen LogP) is 2.18. The molecule has 1 heterocycles. The standard InChI is InChI=1S/C14H17N3O2S/c1-4-17-13(19)15-16-14(17)20-8-12(18)11-7-9(2)5-6-10(11)3/h5-7H,4,8H2,1-3H3,(H,15,19). The summed E-state index contributed by atoms with van der Waals surface area (Å²) in [6, 6.07) is 5.83. The van der Waals surface area contributed by atoms with Gasteiger partial charge < -0.3 is 0 Å². The second-order valence-corrected chi connectivity index (χ2v) is 5.53. The van der Waals surface area contributed by atoms with E-state index in [1.807, 2.05) is 39.0 Å². The highest BCUT2D eigenvalue weighted by atomic mass is 32.2. The maximum absolute atomic E-state index is 12.3. The van der Waals surface area contributed by atoms with Crippen molar-refractivity contribution in [3.05, 3.63) is 45.4 Å². The first-order valence-electron chi connectivity index (χ1n) is 6.41. The summed E-state index contributed by atoms with van der Waals surface area (Å²) in [5.41, 5.74) is 2.53. The number of hydrogen-bond acceptors (Lipinski definition) is 4. The van der Waals surface area contributed by atoms with E-state index >= 15 is 0 Å². The number of carbonyl (C=O) groups excluding carboxylic acids is 1. The van der Waals surface area contributed by atoms with Gasteiger partial charge in [-0.2, -0.15) is 0 Å². The van der Waals surface area contributed by atoms with Crippen LogP contribution < -0.4 is 5.69 Å². The van der Waals surface area contributed by atoms with Crippen molar-refractivity contribution in [2.45, 2.75) is 32.5 Å². The van der Waals surface area contributed by atoms with Crippen LogP contribution in [-0.4, -0.2) is 26.3 Å². The zero-order chi connectivity index (χ0) is 14.7. The van der Waals surface area contributed by atoms with Gasteiger partial charge in [0.15, 0.2) is 10.9 Å². The molecule has 0 spiro atoms. The van der Waals surface area contributed by atoms with Gasteiger partial charge in [0.1, 0.15) is 0 Å². The Labute approximate surface area is 121 Å². The van der Waals surface area contributed by atoms with Gasteiger partial charge in [0.25, 0.3) is 0 Å². The van der Waals surface area contributed by atoms with Crippen molar-refractivity contribution in [2.75, 3.05) is 5.75 Å². The van der Waals surface area contributed by atoms with Gasteiger partial charge in [0.2, 0.25) is 0 Å². The maximum Gasteiger partial charge on any atom is 0.343 e. The van der Waals surface area contributed by atoms with E-state index in [4.69, 9.17) is 0 Å². The molecule has 2 rings (SSSR count). The van der Waals surface area contributed by atoms with Crippen LogP contribution in [0, 0.1) is 13.8 Å². The van der Waals surface area contributed by atoms with Gasteiger partial charge >= 0.3 is 5.69 Å². The number of aromatic nitrogens is 3. The van der Waals surface area contributed by atoms with Crippen molar-refractivity contribution in [3.63, 3.8) is 0 Å². The topological polar surface area (TPSA) is 67.8 Å². The molecule has 1 aromatic heterocycles. The van der Waals surface area contributed by atoms with Crippen LogP contribution in [0.3, 0.4) is 0 Å². The van der Waals surface area contributed by atoms with Gasteiger partial charge in [-0.25, -0.2) is 9.89 Å². The van der Waals surface area contributed by atoms with Crippen molar-refractivity contribution < 1.29 is 4.79 Å². The SMILES string of the molecule is CCn1c(SCC(=O)c2cc(C)ccc2C)n[nH]c1=O. The fraction of sp³-hybridized carbons (Fsp3) is 0.357. The van der Waals surface area contributed by atoms with Gasteiger partial charge in [0.05, 0.1) is 5.75 Å². The Morgan fingerprint density at radius 2 is 2.15 bits per heavy atom. The number of thioether (sulfide) groups is 1. The molecule has 0 saturated carbocycles. The van der Waals surface area contributed by atoms with Gasteiger partial charge in [-0.05, 0) is 32.4 Å². The van der Waals surface area contributed by atoms with Gasteiger partial charge in [-0.1, -0.05) is 29.5 Å². The van der Waals surface area contributed by atoms with Crippen molar-refractivity contribution >= 4 is 17.5 Å². The monoisotopic (exact) mass is 291 g/mol. The number of Topliss-reactive ketones (excluding diaryl/α,β-unsaturated/α-hetero) is 1. The summed E-state index contributed by atoms with van der Waals surface area (Å²) in [6.07, 6.45) is 0. The van der Waals surface area contributed by atoms with Crippen LogP contribution in [0.2, 0.25) is 0 Å². The summed E-state index contributed by atoms with van der Waals surface area (Å²) >= 11 is 1.28. The van der Waals surface area contributed by atoms with Crippen LogP contribution in [0.25, 0.3) is 0 Å². The molecule has 0 aliphatic carbocycles. The molecule has 0 aliphatic heterocycles. The summed E-state index contributed by atoms with van der Waals surface area (Å²) < 4.78 is 1.51. The number of nitrogens with one attached hydrogen (secondary N) is 1. The summed E-state index contributed by atoms with van der Waals surface area (Å²) in [5, 5.41) is 6.88. The van der Waals surface area contributed by atoms with Crippen LogP contribution in [-0.2, 0) is 6.54 Å². The summed E-state index contributed by atoms with van der Waals surface area (Å²) in [5.74, 6) is 0.323. The first-order valence-corrected chi connectivity index (χ1v) is 7.40. The van der Waals surface area contributed by atoms with Crippen molar-refractivity contribution in [2.24, 2.45) is 0 Å². The summed E-state index contributed by atoms with van der Waals surface area (Å²) in [7, 11) is 0. The number of ketones is 1. The number of carbonyl (C=O) groups is 1. The Hall–Kier alpha value is -1.82. The van der Waals surface area contributed by atoms with Gasteiger partial charge in [-0.3, -0.25) is 9.36 Å². The molecule has 106 valence electrons. The number of nitrogens with zero attached hydrogens (tertiary/aromatic N) is 2. The normalized spacial score (nSPS) is 10.8. The van der Waals surface area contributed by atoms with E-state index in [2.05, 4.69) is 10.2 Å². The molecule has 5 nitrogen and oxygen atoms in total. The van der Waals surface area contributed by atoms with Crippen molar-refractivity contribution in [3.8, 4) is 0 Å². The Kier molecular flexibility index (Phi) is 4.44. The molecule has 0 radical (unpaired) electrons. The molecule has 0 bridgehead atoms. The average Bonchev–Trinajstić information content (AvgIpc) is 2.79. The molecular weight excluding hydrogens is 274 g/mol. The molecule has 20 heavy (non-hydrogen) atoms. The van der Waals surface area contributed by atoms with Crippen LogP contribution >= 0.6 is 11.8 Å². The number of rotatable bonds is 5. The van der Waals surface area contributed by atoms with Gasteiger partial charge in [0, 0.05) is 12.1 Å². The van der Waals surface area contributed by atoms with Crippen LogP contribution in [0.5, 0.6) is 0 Å². The van der Waals surface area contributed by atoms with Crippen LogP contribution in [0.1, 0.15) is 28.4 Å². The lowest BCUT2D eigenvalue weighted by Crippen LogP contribution is -2.16. The lowest BCUT2D eigenvalue weighted by atomic mass is 10.0. The van der Waals surface area contributed by atoms with E-state index < -0.39 is 0 Å². The molecule has 0 aliphatic rings. The minimum Gasteiger partial charge on any atom is -0.293 e. The molecule has 0 fully saturated rings. The zero-order valence-electron chi connectivity index (χ0n) is 11.8. The van der Waals surface area contributed by atoms with Crippen LogP contribution in [0.4, 0.5) is 0 Å². The van der Waals surface area contributed by atoms with E-state index in [-0.39, 0.29) is 17.2 Å². The molecule has 0 unspecified atom stereocenters. The minimum absolute atomic E-state index is 0.0503. The largest absolute Gasteiger partial charge is 0.343 e. The molecule has 1 aromatic carbocycles. The third-order valence-corrected chi connectivity index (χ3v) is 4.04. The Bertz CT molecular complexity index is 688. The van der Waals surface area contributed by atoms with E-state index in [0.29, 0.717) is 11.7 Å². The molecule has 0 saturated heterocycles. The second kappa shape index (κ2) is 6.09. The van der Waals surface area contributed by atoms with E-state index in [9.17, 15) is 9.59 Å². The second-order valence-electron chi connectivity index (χ2n) is 4.59. The lowest BCUT2D eigenvalue weighted by molar-refractivity contribution is 0.102. The molecule has 0 atom stereocenters. The molecule has 2 aromatic rings. The first-order chi connectivity index (χ1) is 9.52. The Morgan fingerprint density at radius 1 is 1.40 bits per heavy atom. The highest BCUT2D eigenvalue weighted by Crippen LogP contribution is 2.18. The summed E-state index contributed by atoms with van der Waals surface area (Å²) in [6.45, 7) is 6.29.